The second-order valence-corrected chi connectivity index (χ2v) is 6.91. The second-order valence-electron chi connectivity index (χ2n) is 6.47. The Bertz CT molecular complexity index is 864. The quantitative estimate of drug-likeness (QED) is 0.641. The number of aryl methyl sites for hydroxylation is 3. The molecule has 2 aromatic rings. The minimum Gasteiger partial charge on any atom is -0.309 e. The lowest BCUT2D eigenvalue weighted by Crippen LogP contribution is -2.30. The minimum absolute atomic E-state index is 0.120. The molecular formula is C20H21ClN4O. The summed E-state index contributed by atoms with van der Waals surface area (Å²) in [6, 6.07) is 11.6. The fourth-order valence-electron chi connectivity index (χ4n) is 3.18. The molecule has 26 heavy (non-hydrogen) atoms. The van der Waals surface area contributed by atoms with Gasteiger partial charge in [0.15, 0.2) is 0 Å². The third-order valence-corrected chi connectivity index (χ3v) is 4.68. The summed E-state index contributed by atoms with van der Waals surface area (Å²) in [5.74, 6) is -0.432. The molecule has 6 heteroatoms. The Hall–Kier alpha value is -2.66. The topological polar surface area (TPSA) is 65.8 Å². The van der Waals surface area contributed by atoms with Crippen molar-refractivity contribution in [2.45, 2.75) is 26.7 Å². The van der Waals surface area contributed by atoms with Crippen LogP contribution in [0, 0.1) is 20.8 Å². The minimum atomic E-state index is -0.311. The van der Waals surface area contributed by atoms with Crippen LogP contribution in [0.2, 0.25) is 5.02 Å². The number of carbonyl (C=O) groups excluding carboxylic acids is 1. The van der Waals surface area contributed by atoms with Crippen LogP contribution >= 0.6 is 11.6 Å². The van der Waals surface area contributed by atoms with Gasteiger partial charge in [-0.2, -0.15) is 10.2 Å². The van der Waals surface area contributed by atoms with Crippen molar-refractivity contribution in [2.24, 2.45) is 10.2 Å². The summed E-state index contributed by atoms with van der Waals surface area (Å²) in [6.45, 7) is 6.70. The first-order valence-corrected chi connectivity index (χ1v) is 8.80. The molecule has 1 heterocycles. The summed E-state index contributed by atoms with van der Waals surface area (Å²) < 4.78 is 0. The Morgan fingerprint density at radius 2 is 1.88 bits per heavy atom. The van der Waals surface area contributed by atoms with E-state index in [-0.39, 0.29) is 11.8 Å². The Morgan fingerprint density at radius 1 is 1.23 bits per heavy atom. The van der Waals surface area contributed by atoms with E-state index < -0.39 is 0 Å². The highest BCUT2D eigenvalue weighted by atomic mass is 35.5. The maximum absolute atomic E-state index is 12.5. The average molecular weight is 369 g/mol. The van der Waals surface area contributed by atoms with Crippen molar-refractivity contribution in [3.05, 3.63) is 69.2 Å². The van der Waals surface area contributed by atoms with Crippen LogP contribution < -0.4 is 10.9 Å². The molecule has 0 aromatic heterocycles. The van der Waals surface area contributed by atoms with E-state index in [2.05, 4.69) is 40.1 Å². The molecule has 2 N–H and O–H groups in total. The molecule has 0 radical (unpaired) electrons. The number of rotatable bonds is 4. The lowest BCUT2D eigenvalue weighted by atomic mass is 9.94. The first kappa shape index (κ1) is 18.1. The summed E-state index contributed by atoms with van der Waals surface area (Å²) in [5, 5.41) is 8.92. The zero-order valence-electron chi connectivity index (χ0n) is 15.0. The molecule has 1 atom stereocenters. The van der Waals surface area contributed by atoms with Crippen LogP contribution in [-0.2, 0) is 4.79 Å². The van der Waals surface area contributed by atoms with Gasteiger partial charge in [-0.15, -0.1) is 0 Å². The Kier molecular flexibility index (Phi) is 5.38. The van der Waals surface area contributed by atoms with Crippen molar-refractivity contribution < 1.29 is 4.79 Å². The third kappa shape index (κ3) is 3.94. The molecule has 2 aromatic carbocycles. The van der Waals surface area contributed by atoms with Gasteiger partial charge in [0.2, 0.25) is 0 Å². The first-order valence-electron chi connectivity index (χ1n) is 8.43. The van der Waals surface area contributed by atoms with Gasteiger partial charge < -0.3 is 5.43 Å². The number of benzene rings is 2. The zero-order chi connectivity index (χ0) is 18.7. The van der Waals surface area contributed by atoms with Gasteiger partial charge in [-0.3, -0.25) is 4.79 Å². The van der Waals surface area contributed by atoms with Crippen molar-refractivity contribution >= 4 is 29.4 Å². The molecule has 5 nitrogen and oxygen atoms in total. The lowest BCUT2D eigenvalue weighted by molar-refractivity contribution is -0.114. The number of amides is 1. The van der Waals surface area contributed by atoms with Crippen molar-refractivity contribution in [3.8, 4) is 0 Å². The van der Waals surface area contributed by atoms with Crippen molar-refractivity contribution in [3.63, 3.8) is 0 Å². The Balaban J connectivity index is 1.71. The van der Waals surface area contributed by atoms with Crippen LogP contribution in [0.15, 0.2) is 46.6 Å². The van der Waals surface area contributed by atoms with Gasteiger partial charge in [0.25, 0.3) is 5.91 Å². The zero-order valence-corrected chi connectivity index (χ0v) is 15.8. The molecule has 134 valence electrons. The maximum Gasteiger partial charge on any atom is 0.288 e. The van der Waals surface area contributed by atoms with Crippen molar-refractivity contribution in [2.75, 3.05) is 6.54 Å². The Morgan fingerprint density at radius 3 is 2.54 bits per heavy atom. The molecule has 0 saturated carbocycles. The van der Waals surface area contributed by atoms with Crippen LogP contribution in [0.5, 0.6) is 0 Å². The van der Waals surface area contributed by atoms with Crippen LogP contribution in [0.3, 0.4) is 0 Å². The van der Waals surface area contributed by atoms with Crippen molar-refractivity contribution in [1.82, 2.24) is 10.9 Å². The highest BCUT2D eigenvalue weighted by molar-refractivity contribution is 6.41. The van der Waals surface area contributed by atoms with Crippen molar-refractivity contribution in [1.29, 1.82) is 0 Å². The predicted octanol–water partition coefficient (Wildman–Crippen LogP) is 3.46. The van der Waals surface area contributed by atoms with E-state index in [4.69, 9.17) is 11.6 Å². The molecule has 1 aliphatic heterocycles. The van der Waals surface area contributed by atoms with Gasteiger partial charge in [0.05, 0.1) is 12.1 Å². The van der Waals surface area contributed by atoms with Crippen LogP contribution in [0.4, 0.5) is 0 Å². The Labute approximate surface area is 158 Å². The number of nitrogens with zero attached hydrogens (tertiary/aromatic N) is 2. The van der Waals surface area contributed by atoms with Crippen LogP contribution in [0.1, 0.15) is 33.7 Å². The predicted molar refractivity (Wildman–Crippen MR) is 106 cm³/mol. The fourth-order valence-corrected chi connectivity index (χ4v) is 3.31. The second kappa shape index (κ2) is 7.70. The molecule has 0 fully saturated rings. The monoisotopic (exact) mass is 368 g/mol. The average Bonchev–Trinajstić information content (AvgIpc) is 3.07. The number of hydrogen-bond acceptors (Lipinski definition) is 4. The highest BCUT2D eigenvalue weighted by Crippen LogP contribution is 2.22. The van der Waals surface area contributed by atoms with Crippen LogP contribution in [0.25, 0.3) is 0 Å². The standard InChI is InChI=1S/C20H21ClN4O/c1-12-8-13(2)17(14(3)9-12)10-23-25-20(26)19-18(11-22-24-19)15-4-6-16(21)7-5-15/h4-10,18,22H,11H2,1-3H3,(H,25,26)/b23-10+. The van der Waals surface area contributed by atoms with E-state index >= 15 is 0 Å². The van der Waals surface area contributed by atoms with E-state index in [1.54, 1.807) is 6.21 Å². The number of halogens is 1. The summed E-state index contributed by atoms with van der Waals surface area (Å²) in [4.78, 5) is 12.5. The molecule has 1 amide bonds. The summed E-state index contributed by atoms with van der Waals surface area (Å²) >= 11 is 5.93. The highest BCUT2D eigenvalue weighted by Gasteiger charge is 2.28. The van der Waals surface area contributed by atoms with E-state index in [9.17, 15) is 4.79 Å². The number of hydrazone groups is 2. The maximum atomic E-state index is 12.5. The molecule has 0 spiro atoms. The smallest absolute Gasteiger partial charge is 0.288 e. The molecule has 1 unspecified atom stereocenters. The summed E-state index contributed by atoms with van der Waals surface area (Å²) in [5.41, 5.74) is 11.4. The van der Waals surface area contributed by atoms with E-state index in [1.807, 2.05) is 38.1 Å². The lowest BCUT2D eigenvalue weighted by Gasteiger charge is -2.11. The molecule has 0 aliphatic carbocycles. The first-order chi connectivity index (χ1) is 12.5. The van der Waals surface area contributed by atoms with Gasteiger partial charge in [-0.1, -0.05) is 41.4 Å². The molecule has 0 saturated heterocycles. The molecule has 1 aliphatic rings. The normalized spacial score (nSPS) is 16.5. The summed E-state index contributed by atoms with van der Waals surface area (Å²) in [7, 11) is 0. The summed E-state index contributed by atoms with van der Waals surface area (Å²) in [6.07, 6.45) is 1.68. The molecule has 3 rings (SSSR count). The third-order valence-electron chi connectivity index (χ3n) is 4.43. The SMILES string of the molecule is Cc1cc(C)c(/C=N/NC(=O)C2=NNCC2c2ccc(Cl)cc2)c(C)c1. The molecular weight excluding hydrogens is 348 g/mol. The van der Waals surface area contributed by atoms with Gasteiger partial charge in [-0.25, -0.2) is 5.43 Å². The number of nitrogens with one attached hydrogen (secondary N) is 2. The van der Waals surface area contributed by atoms with E-state index in [0.29, 0.717) is 17.3 Å². The van der Waals surface area contributed by atoms with Gasteiger partial charge in [-0.05, 0) is 49.6 Å². The van der Waals surface area contributed by atoms with Gasteiger partial charge in [0, 0.05) is 17.1 Å². The number of hydrogen-bond donors (Lipinski definition) is 2. The van der Waals surface area contributed by atoms with Gasteiger partial charge >= 0.3 is 0 Å². The fraction of sp³-hybridized carbons (Fsp3) is 0.250. The molecule has 0 bridgehead atoms. The number of carbonyl (C=O) groups is 1. The van der Waals surface area contributed by atoms with E-state index in [0.717, 1.165) is 22.3 Å². The van der Waals surface area contributed by atoms with Gasteiger partial charge in [0.1, 0.15) is 5.71 Å². The van der Waals surface area contributed by atoms with E-state index in [1.165, 1.54) is 5.56 Å². The van der Waals surface area contributed by atoms with Crippen LogP contribution in [-0.4, -0.2) is 24.4 Å². The largest absolute Gasteiger partial charge is 0.309 e.